The van der Waals surface area contributed by atoms with Crippen molar-refractivity contribution in [1.29, 1.82) is 0 Å². The SMILES string of the molecule is C.O=C(O)C1CCCCCCC1. The van der Waals surface area contributed by atoms with Crippen molar-refractivity contribution >= 4 is 5.97 Å². The van der Waals surface area contributed by atoms with Crippen molar-refractivity contribution in [2.45, 2.75) is 52.4 Å². The Kier molecular flexibility index (Phi) is 5.77. The van der Waals surface area contributed by atoms with Crippen LogP contribution in [0.2, 0.25) is 0 Å². The van der Waals surface area contributed by atoms with E-state index < -0.39 is 5.97 Å². The fourth-order valence-corrected chi connectivity index (χ4v) is 1.70. The van der Waals surface area contributed by atoms with Crippen molar-refractivity contribution in [3.63, 3.8) is 0 Å². The highest BCUT2D eigenvalue weighted by atomic mass is 16.4. The summed E-state index contributed by atoms with van der Waals surface area (Å²) in [5.41, 5.74) is 0. The number of hydrogen-bond donors (Lipinski definition) is 1. The lowest BCUT2D eigenvalue weighted by atomic mass is 9.91. The van der Waals surface area contributed by atoms with E-state index in [0.717, 1.165) is 25.7 Å². The lowest BCUT2D eigenvalue weighted by molar-refractivity contribution is -0.142. The number of carboxylic acid groups (broad SMARTS) is 1. The highest BCUT2D eigenvalue weighted by molar-refractivity contribution is 5.69. The maximum Gasteiger partial charge on any atom is 0.306 e. The molecule has 72 valence electrons. The summed E-state index contributed by atoms with van der Waals surface area (Å²) in [6, 6.07) is 0. The maximum atomic E-state index is 10.6. The standard InChI is InChI=1S/C9H16O2.CH4/c10-9(11)8-6-4-2-1-3-5-7-8;/h8H,1-7H2,(H,10,11);1H4. The Morgan fingerprint density at radius 2 is 1.42 bits per heavy atom. The molecule has 1 aliphatic rings. The largest absolute Gasteiger partial charge is 0.481 e. The molecule has 0 saturated heterocycles. The van der Waals surface area contributed by atoms with Gasteiger partial charge in [-0.25, -0.2) is 0 Å². The van der Waals surface area contributed by atoms with Crippen molar-refractivity contribution in [1.82, 2.24) is 0 Å². The highest BCUT2D eigenvalue weighted by Crippen LogP contribution is 2.21. The fraction of sp³-hybridized carbons (Fsp3) is 0.900. The third-order valence-corrected chi connectivity index (χ3v) is 2.45. The Bertz CT molecular complexity index is 124. The molecule has 0 unspecified atom stereocenters. The van der Waals surface area contributed by atoms with Gasteiger partial charge in [0.05, 0.1) is 5.92 Å². The molecule has 0 atom stereocenters. The van der Waals surface area contributed by atoms with E-state index in [0.29, 0.717) is 0 Å². The van der Waals surface area contributed by atoms with Gasteiger partial charge in [0.15, 0.2) is 0 Å². The van der Waals surface area contributed by atoms with E-state index in [9.17, 15) is 4.79 Å². The van der Waals surface area contributed by atoms with Crippen LogP contribution in [0, 0.1) is 5.92 Å². The molecule has 0 aromatic carbocycles. The van der Waals surface area contributed by atoms with Crippen LogP contribution in [-0.2, 0) is 4.79 Å². The second kappa shape index (κ2) is 6.04. The van der Waals surface area contributed by atoms with E-state index in [-0.39, 0.29) is 13.3 Å². The van der Waals surface area contributed by atoms with E-state index in [1.807, 2.05) is 0 Å². The Balaban J connectivity index is 0.00000121. The molecule has 0 spiro atoms. The zero-order valence-corrected chi connectivity index (χ0v) is 6.88. The molecule has 0 aromatic rings. The molecule has 1 saturated carbocycles. The summed E-state index contributed by atoms with van der Waals surface area (Å²) in [6.45, 7) is 0. The van der Waals surface area contributed by atoms with E-state index in [2.05, 4.69) is 0 Å². The maximum absolute atomic E-state index is 10.6. The van der Waals surface area contributed by atoms with Gasteiger partial charge < -0.3 is 5.11 Å². The molecule has 0 heterocycles. The van der Waals surface area contributed by atoms with E-state index >= 15 is 0 Å². The van der Waals surface area contributed by atoms with Crippen molar-refractivity contribution in [3.8, 4) is 0 Å². The van der Waals surface area contributed by atoms with Gasteiger partial charge in [-0.1, -0.05) is 39.5 Å². The summed E-state index contributed by atoms with van der Waals surface area (Å²) in [6.07, 6.45) is 7.76. The zero-order valence-electron chi connectivity index (χ0n) is 6.88. The van der Waals surface area contributed by atoms with Crippen LogP contribution in [0.15, 0.2) is 0 Å². The minimum Gasteiger partial charge on any atom is -0.481 e. The van der Waals surface area contributed by atoms with Gasteiger partial charge >= 0.3 is 5.97 Å². The number of rotatable bonds is 1. The lowest BCUT2D eigenvalue weighted by Gasteiger charge is -2.14. The molecule has 0 aliphatic heterocycles. The summed E-state index contributed by atoms with van der Waals surface area (Å²) in [4.78, 5) is 10.6. The van der Waals surface area contributed by atoms with Crippen LogP contribution in [-0.4, -0.2) is 11.1 Å². The van der Waals surface area contributed by atoms with Gasteiger partial charge in [0.1, 0.15) is 0 Å². The minimum atomic E-state index is -0.591. The van der Waals surface area contributed by atoms with Crippen LogP contribution < -0.4 is 0 Å². The molecule has 0 amide bonds. The summed E-state index contributed by atoms with van der Waals surface area (Å²) in [5, 5.41) is 8.76. The first-order valence-electron chi connectivity index (χ1n) is 4.53. The first-order chi connectivity index (χ1) is 5.30. The van der Waals surface area contributed by atoms with E-state index in [1.165, 1.54) is 19.3 Å². The zero-order chi connectivity index (χ0) is 8.10. The average molecular weight is 172 g/mol. The molecule has 1 aliphatic carbocycles. The lowest BCUT2D eigenvalue weighted by Crippen LogP contribution is -2.14. The molecule has 1 rings (SSSR count). The topological polar surface area (TPSA) is 37.3 Å². The second-order valence-electron chi connectivity index (χ2n) is 3.38. The van der Waals surface area contributed by atoms with Crippen LogP contribution in [0.5, 0.6) is 0 Å². The molecular formula is C10H20O2. The van der Waals surface area contributed by atoms with Crippen LogP contribution >= 0.6 is 0 Å². The van der Waals surface area contributed by atoms with E-state index in [1.54, 1.807) is 0 Å². The van der Waals surface area contributed by atoms with Crippen LogP contribution in [0.3, 0.4) is 0 Å². The van der Waals surface area contributed by atoms with Crippen molar-refractivity contribution in [2.75, 3.05) is 0 Å². The van der Waals surface area contributed by atoms with Gasteiger partial charge in [-0.05, 0) is 12.8 Å². The molecule has 0 aromatic heterocycles. The molecule has 1 fully saturated rings. The van der Waals surface area contributed by atoms with E-state index in [4.69, 9.17) is 5.11 Å². The molecule has 2 nitrogen and oxygen atoms in total. The van der Waals surface area contributed by atoms with Gasteiger partial charge in [0, 0.05) is 0 Å². The smallest absolute Gasteiger partial charge is 0.306 e. The summed E-state index contributed by atoms with van der Waals surface area (Å²) in [7, 11) is 0. The Labute approximate surface area is 75.0 Å². The average Bonchev–Trinajstić information content (AvgIpc) is 1.84. The van der Waals surface area contributed by atoms with Gasteiger partial charge in [0.25, 0.3) is 0 Å². The second-order valence-corrected chi connectivity index (χ2v) is 3.38. The normalized spacial score (nSPS) is 20.3. The van der Waals surface area contributed by atoms with Crippen molar-refractivity contribution in [3.05, 3.63) is 0 Å². The Morgan fingerprint density at radius 1 is 1.00 bits per heavy atom. The minimum absolute atomic E-state index is 0. The fourth-order valence-electron chi connectivity index (χ4n) is 1.70. The first kappa shape index (κ1) is 11.5. The third kappa shape index (κ3) is 3.74. The van der Waals surface area contributed by atoms with Crippen LogP contribution in [0.1, 0.15) is 52.4 Å². The predicted molar refractivity (Wildman–Crippen MR) is 50.2 cm³/mol. The van der Waals surface area contributed by atoms with Gasteiger partial charge in [-0.15, -0.1) is 0 Å². The third-order valence-electron chi connectivity index (χ3n) is 2.45. The van der Waals surface area contributed by atoms with Crippen LogP contribution in [0.4, 0.5) is 0 Å². The Morgan fingerprint density at radius 3 is 1.83 bits per heavy atom. The molecule has 2 heteroatoms. The molecule has 1 N–H and O–H groups in total. The summed E-state index contributed by atoms with van der Waals surface area (Å²) in [5.74, 6) is -0.637. The molecular weight excluding hydrogens is 152 g/mol. The molecule has 12 heavy (non-hydrogen) atoms. The van der Waals surface area contributed by atoms with Gasteiger partial charge in [-0.2, -0.15) is 0 Å². The van der Waals surface area contributed by atoms with Gasteiger partial charge in [0.2, 0.25) is 0 Å². The first-order valence-corrected chi connectivity index (χ1v) is 4.53. The predicted octanol–water partition coefficient (Wildman–Crippen LogP) is 3.07. The number of carboxylic acids is 1. The quantitative estimate of drug-likeness (QED) is 0.660. The number of carbonyl (C=O) groups is 1. The van der Waals surface area contributed by atoms with Crippen molar-refractivity contribution in [2.24, 2.45) is 5.92 Å². The van der Waals surface area contributed by atoms with Gasteiger partial charge in [-0.3, -0.25) is 4.79 Å². The summed E-state index contributed by atoms with van der Waals surface area (Å²) >= 11 is 0. The van der Waals surface area contributed by atoms with Crippen LogP contribution in [0.25, 0.3) is 0 Å². The summed E-state index contributed by atoms with van der Waals surface area (Å²) < 4.78 is 0. The number of aliphatic carboxylic acids is 1. The van der Waals surface area contributed by atoms with Crippen molar-refractivity contribution < 1.29 is 9.90 Å². The number of hydrogen-bond acceptors (Lipinski definition) is 1. The molecule has 0 radical (unpaired) electrons. The highest BCUT2D eigenvalue weighted by Gasteiger charge is 2.17. The Hall–Kier alpha value is -0.530. The molecule has 0 bridgehead atoms. The monoisotopic (exact) mass is 172 g/mol.